The maximum atomic E-state index is 14.5. The number of nitrogens with zero attached hydrogens (tertiary/aromatic N) is 4. The number of methoxy groups -OCH3 is 1. The van der Waals surface area contributed by atoms with Crippen LogP contribution in [0.1, 0.15) is 79.2 Å². The summed E-state index contributed by atoms with van der Waals surface area (Å²) in [7, 11) is 3.49. The molecule has 0 atom stereocenters. The zero-order valence-electron chi connectivity index (χ0n) is 23.4. The van der Waals surface area contributed by atoms with Crippen LogP contribution in [0, 0.1) is 0 Å². The topological polar surface area (TPSA) is 50.6 Å². The fourth-order valence-electron chi connectivity index (χ4n) is 6.71. The van der Waals surface area contributed by atoms with Crippen LogP contribution in [-0.2, 0) is 36.1 Å². The van der Waals surface area contributed by atoms with E-state index in [1.165, 1.54) is 16.7 Å². The van der Waals surface area contributed by atoms with Gasteiger partial charge in [-0.25, -0.2) is 8.78 Å². The summed E-state index contributed by atoms with van der Waals surface area (Å²) in [5.41, 5.74) is 9.20. The van der Waals surface area contributed by atoms with E-state index in [1.807, 2.05) is 17.2 Å². The number of carbonyl (C=O) groups is 1. The number of hydrogen-bond acceptors (Lipinski definition) is 4. The molecule has 3 heterocycles. The van der Waals surface area contributed by atoms with Crippen LogP contribution in [0.5, 0.6) is 0 Å². The number of aromatic nitrogens is 2. The van der Waals surface area contributed by atoms with Crippen molar-refractivity contribution in [2.75, 3.05) is 18.6 Å². The van der Waals surface area contributed by atoms with Crippen molar-refractivity contribution >= 4 is 17.3 Å². The Kier molecular flexibility index (Phi) is 7.11. The van der Waals surface area contributed by atoms with Crippen LogP contribution in [0.3, 0.4) is 0 Å². The Morgan fingerprint density at radius 3 is 2.55 bits per heavy atom. The molecule has 2 aliphatic heterocycles. The summed E-state index contributed by atoms with van der Waals surface area (Å²) < 4.78 is 35.8. The molecule has 1 fully saturated rings. The average molecular weight is 547 g/mol. The molecule has 6 rings (SSSR count). The van der Waals surface area contributed by atoms with Gasteiger partial charge in [0.2, 0.25) is 5.91 Å². The number of aryl methyl sites for hydroxylation is 2. The molecular formula is C32H36F2N4O2. The normalized spacial score (nSPS) is 18.6. The molecule has 1 aromatic heterocycles. The number of ether oxygens (including phenoxy) is 1. The number of hydrogen-bond donors (Lipinski definition) is 0. The van der Waals surface area contributed by atoms with E-state index in [4.69, 9.17) is 4.74 Å². The van der Waals surface area contributed by atoms with Crippen molar-refractivity contribution in [1.29, 1.82) is 0 Å². The second-order valence-electron chi connectivity index (χ2n) is 11.4. The van der Waals surface area contributed by atoms with Crippen LogP contribution in [0.25, 0.3) is 11.1 Å². The van der Waals surface area contributed by atoms with Crippen molar-refractivity contribution in [3.05, 3.63) is 76.3 Å². The Morgan fingerprint density at radius 2 is 1.88 bits per heavy atom. The predicted octanol–water partition coefficient (Wildman–Crippen LogP) is 7.16. The van der Waals surface area contributed by atoms with Crippen molar-refractivity contribution in [2.45, 2.75) is 70.9 Å². The summed E-state index contributed by atoms with van der Waals surface area (Å²) in [6, 6.07) is 8.21. The minimum atomic E-state index is -2.61. The molecule has 8 heteroatoms. The minimum Gasteiger partial charge on any atom is -0.504 e. The molecule has 0 bridgehead atoms. The molecule has 0 radical (unpaired) electrons. The molecule has 1 aliphatic carbocycles. The van der Waals surface area contributed by atoms with Crippen LogP contribution >= 0.6 is 0 Å². The number of halogens is 2. The summed E-state index contributed by atoms with van der Waals surface area (Å²) in [6.45, 7) is 3.51. The number of allylic oxidation sites excluding steroid dienone is 1. The fraction of sp³-hybridized carbons (Fsp3) is 0.438. The smallest absolute Gasteiger partial charge is 0.264 e. The fourth-order valence-corrected chi connectivity index (χ4v) is 6.71. The van der Waals surface area contributed by atoms with Crippen LogP contribution in [0.4, 0.5) is 20.2 Å². The number of amides is 1. The zero-order valence-corrected chi connectivity index (χ0v) is 23.4. The van der Waals surface area contributed by atoms with Gasteiger partial charge in [-0.2, -0.15) is 5.10 Å². The van der Waals surface area contributed by atoms with E-state index in [2.05, 4.69) is 22.1 Å². The highest BCUT2D eigenvalue weighted by atomic mass is 19.3. The van der Waals surface area contributed by atoms with Gasteiger partial charge in [0.05, 0.1) is 19.6 Å². The van der Waals surface area contributed by atoms with Gasteiger partial charge < -0.3 is 14.5 Å². The average Bonchev–Trinajstić information content (AvgIpc) is 3.58. The van der Waals surface area contributed by atoms with Gasteiger partial charge in [0.15, 0.2) is 0 Å². The lowest BCUT2D eigenvalue weighted by molar-refractivity contribution is -0.129. The molecule has 3 aromatic rings. The number of fused-ring (bicyclic) bond motifs is 2. The first kappa shape index (κ1) is 26.5. The highest BCUT2D eigenvalue weighted by Gasteiger charge is 2.32. The predicted molar refractivity (Wildman–Crippen MR) is 152 cm³/mol. The molecule has 6 nitrogen and oxygen atoms in total. The summed E-state index contributed by atoms with van der Waals surface area (Å²) in [5.74, 6) is 0.467. The molecule has 210 valence electrons. The molecule has 0 spiro atoms. The third-order valence-corrected chi connectivity index (χ3v) is 8.79. The van der Waals surface area contributed by atoms with E-state index in [0.717, 1.165) is 67.6 Å². The number of anilines is 2. The van der Waals surface area contributed by atoms with Gasteiger partial charge >= 0.3 is 0 Å². The summed E-state index contributed by atoms with van der Waals surface area (Å²) >= 11 is 0. The standard InChI is InChI=1S/C32H36F2N4O2/c1-20(39)37-17-25-11-24(22-8-6-21(7-9-22)19-40-3)13-31(29(25)18-37)38-10-4-5-23-12-27(26-15-35-36(2)16-26)28(32(33)34)14-30(23)38/h11-16,19,22,32H,4-10,17-18H2,1-3H3. The van der Waals surface area contributed by atoms with Gasteiger partial charge in [-0.05, 0) is 90.5 Å². The van der Waals surface area contributed by atoms with E-state index < -0.39 is 6.43 Å². The van der Waals surface area contributed by atoms with Crippen LogP contribution < -0.4 is 4.90 Å². The minimum absolute atomic E-state index is 0.0292. The third kappa shape index (κ3) is 4.88. The number of carbonyl (C=O) groups excluding carboxylic acids is 1. The first-order valence-electron chi connectivity index (χ1n) is 14.2. The van der Waals surface area contributed by atoms with Crippen LogP contribution in [0.2, 0.25) is 0 Å². The first-order valence-corrected chi connectivity index (χ1v) is 14.2. The largest absolute Gasteiger partial charge is 0.504 e. The van der Waals surface area contributed by atoms with Gasteiger partial charge in [-0.3, -0.25) is 9.48 Å². The van der Waals surface area contributed by atoms with Crippen molar-refractivity contribution in [2.24, 2.45) is 7.05 Å². The number of alkyl halides is 2. The zero-order chi connectivity index (χ0) is 28.0. The molecule has 40 heavy (non-hydrogen) atoms. The molecule has 0 N–H and O–H groups in total. The van der Waals surface area contributed by atoms with Crippen molar-refractivity contribution in [1.82, 2.24) is 14.7 Å². The molecule has 2 aromatic carbocycles. The Hall–Kier alpha value is -3.68. The quantitative estimate of drug-likeness (QED) is 0.319. The molecule has 1 saturated carbocycles. The van der Waals surface area contributed by atoms with Gasteiger partial charge in [-0.15, -0.1) is 0 Å². The van der Waals surface area contributed by atoms with E-state index in [0.29, 0.717) is 30.1 Å². The SMILES string of the molecule is COC=C1CCC(c2cc3c(c(N4CCCc5cc(-c6cnn(C)c6)c(C(F)F)cc54)c2)CN(C(C)=O)C3)CC1. The third-order valence-electron chi connectivity index (χ3n) is 8.79. The highest BCUT2D eigenvalue weighted by Crippen LogP contribution is 2.46. The maximum absolute atomic E-state index is 14.5. The Bertz CT molecular complexity index is 1470. The highest BCUT2D eigenvalue weighted by molar-refractivity contribution is 5.80. The van der Waals surface area contributed by atoms with Crippen LogP contribution in [-0.4, -0.2) is 34.2 Å². The van der Waals surface area contributed by atoms with Gasteiger partial charge in [0.25, 0.3) is 6.43 Å². The Balaban J connectivity index is 1.44. The lowest BCUT2D eigenvalue weighted by Gasteiger charge is -2.35. The first-order chi connectivity index (χ1) is 19.3. The molecule has 1 amide bonds. The monoisotopic (exact) mass is 546 g/mol. The van der Waals surface area contributed by atoms with E-state index >= 15 is 0 Å². The van der Waals surface area contributed by atoms with Gasteiger partial charge in [0.1, 0.15) is 0 Å². The number of rotatable bonds is 5. The summed E-state index contributed by atoms with van der Waals surface area (Å²) in [6.07, 6.45) is 8.58. The summed E-state index contributed by atoms with van der Waals surface area (Å²) in [4.78, 5) is 16.5. The second-order valence-corrected chi connectivity index (χ2v) is 11.4. The molecule has 3 aliphatic rings. The maximum Gasteiger partial charge on any atom is 0.264 e. The molecular weight excluding hydrogens is 510 g/mol. The van der Waals surface area contributed by atoms with Crippen molar-refractivity contribution in [3.8, 4) is 11.1 Å². The number of benzene rings is 2. The second kappa shape index (κ2) is 10.7. The van der Waals surface area contributed by atoms with Crippen molar-refractivity contribution in [3.63, 3.8) is 0 Å². The van der Waals surface area contributed by atoms with E-state index in [1.54, 1.807) is 44.2 Å². The van der Waals surface area contributed by atoms with Crippen molar-refractivity contribution < 1.29 is 18.3 Å². The van der Waals surface area contributed by atoms with E-state index in [9.17, 15) is 13.6 Å². The van der Waals surface area contributed by atoms with Crippen LogP contribution in [0.15, 0.2) is 48.5 Å². The summed E-state index contributed by atoms with van der Waals surface area (Å²) in [5, 5.41) is 4.22. The van der Waals surface area contributed by atoms with E-state index in [-0.39, 0.29) is 11.5 Å². The Labute approximate surface area is 234 Å². The van der Waals surface area contributed by atoms with Gasteiger partial charge in [0, 0.05) is 67.9 Å². The Morgan fingerprint density at radius 1 is 1.07 bits per heavy atom. The lowest BCUT2D eigenvalue weighted by Crippen LogP contribution is -2.27. The molecule has 0 unspecified atom stereocenters. The molecule has 0 saturated heterocycles. The van der Waals surface area contributed by atoms with Gasteiger partial charge in [-0.1, -0.05) is 6.07 Å². The lowest BCUT2D eigenvalue weighted by atomic mass is 9.81.